The first-order valence-corrected chi connectivity index (χ1v) is 8.17. The number of pyridine rings is 2. The van der Waals surface area contributed by atoms with Crippen LogP contribution in [0.1, 0.15) is 16.1 Å². The Morgan fingerprint density at radius 1 is 1.30 bits per heavy atom. The lowest BCUT2D eigenvalue weighted by molar-refractivity contribution is 0.0678. The second-order valence-electron chi connectivity index (χ2n) is 5.07. The molecule has 0 bridgehead atoms. The standard InChI is InChI=1S/C17H17N3O2S/c1-22-8-7-20(12-14-4-2-3-6-18-14)17(21)13-10-16-15(19-11-13)5-9-23-16/h2-6,9-11H,7-8,12H2,1H3. The van der Waals surface area contributed by atoms with Gasteiger partial charge in [0.1, 0.15) is 0 Å². The number of nitrogens with zero attached hydrogens (tertiary/aromatic N) is 3. The maximum atomic E-state index is 12.8. The van der Waals surface area contributed by atoms with Gasteiger partial charge in [-0.25, -0.2) is 0 Å². The van der Waals surface area contributed by atoms with E-state index in [1.165, 1.54) is 0 Å². The average molecular weight is 327 g/mol. The van der Waals surface area contributed by atoms with Gasteiger partial charge in [-0.2, -0.15) is 0 Å². The smallest absolute Gasteiger partial charge is 0.255 e. The van der Waals surface area contributed by atoms with E-state index in [0.717, 1.165) is 15.9 Å². The second kappa shape index (κ2) is 7.30. The van der Waals surface area contributed by atoms with E-state index in [4.69, 9.17) is 4.74 Å². The van der Waals surface area contributed by atoms with Crippen molar-refractivity contribution >= 4 is 27.5 Å². The van der Waals surface area contributed by atoms with Crippen LogP contribution >= 0.6 is 11.3 Å². The molecule has 3 heterocycles. The van der Waals surface area contributed by atoms with Crippen LogP contribution in [0.2, 0.25) is 0 Å². The Hall–Kier alpha value is -2.31. The van der Waals surface area contributed by atoms with Crippen molar-refractivity contribution in [2.75, 3.05) is 20.3 Å². The lowest BCUT2D eigenvalue weighted by Gasteiger charge is -2.22. The van der Waals surface area contributed by atoms with E-state index in [9.17, 15) is 4.79 Å². The predicted molar refractivity (Wildman–Crippen MR) is 90.5 cm³/mol. The number of carbonyl (C=O) groups is 1. The number of methoxy groups -OCH3 is 1. The van der Waals surface area contributed by atoms with Gasteiger partial charge in [0.25, 0.3) is 5.91 Å². The summed E-state index contributed by atoms with van der Waals surface area (Å²) >= 11 is 1.58. The maximum absolute atomic E-state index is 12.8. The number of amides is 1. The third kappa shape index (κ3) is 3.72. The van der Waals surface area contributed by atoms with E-state index in [1.54, 1.807) is 35.7 Å². The summed E-state index contributed by atoms with van der Waals surface area (Å²) in [5.41, 5.74) is 2.36. The monoisotopic (exact) mass is 327 g/mol. The molecule has 0 aliphatic heterocycles. The quantitative estimate of drug-likeness (QED) is 0.698. The van der Waals surface area contributed by atoms with Crippen molar-refractivity contribution in [1.29, 1.82) is 0 Å². The van der Waals surface area contributed by atoms with Crippen LogP contribution in [0.4, 0.5) is 0 Å². The number of carbonyl (C=O) groups excluding carboxylic acids is 1. The Morgan fingerprint density at radius 2 is 2.22 bits per heavy atom. The Kier molecular flexibility index (Phi) is 4.95. The molecular formula is C17H17N3O2S. The molecule has 0 spiro atoms. The number of hydrogen-bond acceptors (Lipinski definition) is 5. The van der Waals surface area contributed by atoms with Gasteiger partial charge in [-0.05, 0) is 29.6 Å². The molecule has 0 saturated carbocycles. The fraction of sp³-hybridized carbons (Fsp3) is 0.235. The van der Waals surface area contributed by atoms with E-state index in [0.29, 0.717) is 25.3 Å². The Morgan fingerprint density at radius 3 is 3.00 bits per heavy atom. The summed E-state index contributed by atoms with van der Waals surface area (Å²) in [6.45, 7) is 1.44. The van der Waals surface area contributed by atoms with Gasteiger partial charge < -0.3 is 9.64 Å². The normalized spacial score (nSPS) is 10.8. The minimum absolute atomic E-state index is 0.0597. The summed E-state index contributed by atoms with van der Waals surface area (Å²) in [5, 5.41) is 1.97. The summed E-state index contributed by atoms with van der Waals surface area (Å²) in [7, 11) is 1.63. The number of thiophene rings is 1. The molecule has 23 heavy (non-hydrogen) atoms. The van der Waals surface area contributed by atoms with Crippen molar-refractivity contribution < 1.29 is 9.53 Å². The molecule has 3 aromatic rings. The van der Waals surface area contributed by atoms with Gasteiger partial charge in [-0.1, -0.05) is 6.07 Å². The van der Waals surface area contributed by atoms with Crippen LogP contribution in [-0.2, 0) is 11.3 Å². The zero-order chi connectivity index (χ0) is 16.1. The van der Waals surface area contributed by atoms with E-state index in [2.05, 4.69) is 9.97 Å². The Labute approximate surface area is 138 Å². The van der Waals surface area contributed by atoms with Crippen molar-refractivity contribution in [3.05, 3.63) is 59.4 Å². The van der Waals surface area contributed by atoms with Gasteiger partial charge in [-0.15, -0.1) is 11.3 Å². The van der Waals surface area contributed by atoms with Crippen LogP contribution < -0.4 is 0 Å². The molecule has 0 fully saturated rings. The van der Waals surface area contributed by atoms with E-state index in [-0.39, 0.29) is 5.91 Å². The molecule has 0 radical (unpaired) electrons. The van der Waals surface area contributed by atoms with Crippen LogP contribution in [0.25, 0.3) is 10.2 Å². The zero-order valence-electron chi connectivity index (χ0n) is 12.8. The third-order valence-corrected chi connectivity index (χ3v) is 4.33. The molecule has 0 aliphatic rings. The molecule has 0 aromatic carbocycles. The molecule has 6 heteroatoms. The van der Waals surface area contributed by atoms with Crippen LogP contribution in [0.5, 0.6) is 0 Å². The third-order valence-electron chi connectivity index (χ3n) is 3.48. The van der Waals surface area contributed by atoms with E-state index >= 15 is 0 Å². The molecule has 3 aromatic heterocycles. The van der Waals surface area contributed by atoms with E-state index in [1.807, 2.05) is 35.7 Å². The summed E-state index contributed by atoms with van der Waals surface area (Å²) in [6.07, 6.45) is 3.36. The highest BCUT2D eigenvalue weighted by Crippen LogP contribution is 2.20. The number of fused-ring (bicyclic) bond motifs is 1. The molecule has 0 N–H and O–H groups in total. The number of rotatable bonds is 6. The van der Waals surface area contributed by atoms with Gasteiger partial charge >= 0.3 is 0 Å². The molecule has 0 saturated heterocycles. The number of hydrogen-bond donors (Lipinski definition) is 0. The fourth-order valence-electron chi connectivity index (χ4n) is 2.29. The molecule has 0 aliphatic carbocycles. The SMILES string of the molecule is COCCN(Cc1ccccn1)C(=O)c1cnc2ccsc2c1. The summed E-state index contributed by atoms with van der Waals surface area (Å²) in [6, 6.07) is 9.53. The molecule has 0 unspecified atom stereocenters. The van der Waals surface area contributed by atoms with Crippen molar-refractivity contribution in [2.45, 2.75) is 6.54 Å². The van der Waals surface area contributed by atoms with Gasteiger partial charge in [0.2, 0.25) is 0 Å². The number of aromatic nitrogens is 2. The van der Waals surface area contributed by atoms with Gasteiger partial charge in [-0.3, -0.25) is 14.8 Å². The highest BCUT2D eigenvalue weighted by atomic mass is 32.1. The summed E-state index contributed by atoms with van der Waals surface area (Å²) < 4.78 is 6.14. The van der Waals surface area contributed by atoms with Crippen molar-refractivity contribution in [3.8, 4) is 0 Å². The highest BCUT2D eigenvalue weighted by molar-refractivity contribution is 7.17. The molecule has 3 rings (SSSR count). The highest BCUT2D eigenvalue weighted by Gasteiger charge is 2.17. The van der Waals surface area contributed by atoms with Crippen LogP contribution in [0.3, 0.4) is 0 Å². The summed E-state index contributed by atoms with van der Waals surface area (Å²) in [4.78, 5) is 23.2. The van der Waals surface area contributed by atoms with Crippen molar-refractivity contribution in [1.82, 2.24) is 14.9 Å². The first kappa shape index (κ1) is 15.6. The molecule has 0 atom stereocenters. The average Bonchev–Trinajstić information content (AvgIpc) is 3.06. The van der Waals surface area contributed by atoms with Gasteiger partial charge in [0.15, 0.2) is 0 Å². The lowest BCUT2D eigenvalue weighted by atomic mass is 10.2. The molecule has 5 nitrogen and oxygen atoms in total. The molecule has 1 amide bonds. The number of ether oxygens (including phenoxy) is 1. The minimum Gasteiger partial charge on any atom is -0.383 e. The first-order chi connectivity index (χ1) is 11.3. The van der Waals surface area contributed by atoms with Gasteiger partial charge in [0.05, 0.1) is 34.6 Å². The first-order valence-electron chi connectivity index (χ1n) is 7.29. The van der Waals surface area contributed by atoms with Crippen molar-refractivity contribution in [2.24, 2.45) is 0 Å². The predicted octanol–water partition coefficient (Wildman–Crippen LogP) is 2.98. The zero-order valence-corrected chi connectivity index (χ0v) is 13.6. The van der Waals surface area contributed by atoms with E-state index < -0.39 is 0 Å². The Balaban J connectivity index is 1.83. The van der Waals surface area contributed by atoms with Gasteiger partial charge in [0, 0.05) is 26.0 Å². The minimum atomic E-state index is -0.0597. The van der Waals surface area contributed by atoms with Crippen molar-refractivity contribution in [3.63, 3.8) is 0 Å². The summed E-state index contributed by atoms with van der Waals surface area (Å²) in [5.74, 6) is -0.0597. The topological polar surface area (TPSA) is 55.3 Å². The fourth-order valence-corrected chi connectivity index (χ4v) is 3.07. The van der Waals surface area contributed by atoms with Crippen LogP contribution in [0, 0.1) is 0 Å². The molecular weight excluding hydrogens is 310 g/mol. The molecule has 118 valence electrons. The maximum Gasteiger partial charge on any atom is 0.255 e. The largest absolute Gasteiger partial charge is 0.383 e. The lowest BCUT2D eigenvalue weighted by Crippen LogP contribution is -2.33. The van der Waals surface area contributed by atoms with Crippen LogP contribution in [0.15, 0.2) is 48.1 Å². The van der Waals surface area contributed by atoms with Crippen LogP contribution in [-0.4, -0.2) is 41.0 Å². The Bertz CT molecular complexity index is 789. The second-order valence-corrected chi connectivity index (χ2v) is 6.02.